The number of carbonyl (C=O) groups excluding carboxylic acids is 2. The Morgan fingerprint density at radius 2 is 1.86 bits per heavy atom. The van der Waals surface area contributed by atoms with Crippen molar-refractivity contribution in [1.29, 1.82) is 0 Å². The first-order valence-corrected chi connectivity index (χ1v) is 9.99. The first-order valence-electron chi connectivity index (χ1n) is 9.62. The summed E-state index contributed by atoms with van der Waals surface area (Å²) in [4.78, 5) is 26.7. The van der Waals surface area contributed by atoms with E-state index in [-0.39, 0.29) is 19.1 Å². The Kier molecular flexibility index (Phi) is 8.93. The summed E-state index contributed by atoms with van der Waals surface area (Å²) in [6.45, 7) is 3.81. The van der Waals surface area contributed by atoms with Crippen LogP contribution in [0.4, 0.5) is 4.39 Å². The minimum absolute atomic E-state index is 0.0419. The lowest BCUT2D eigenvalue weighted by Crippen LogP contribution is -2.49. The minimum Gasteiger partial charge on any atom is -0.482 e. The van der Waals surface area contributed by atoms with Gasteiger partial charge in [-0.2, -0.15) is 0 Å². The number of para-hydroxylation sites is 1. The monoisotopic (exact) mass is 420 g/mol. The van der Waals surface area contributed by atoms with Crippen LogP contribution < -0.4 is 10.1 Å². The van der Waals surface area contributed by atoms with Crippen LogP contribution in [-0.2, 0) is 16.1 Å². The topological polar surface area (TPSA) is 58.6 Å². The van der Waals surface area contributed by atoms with Gasteiger partial charge in [-0.1, -0.05) is 55.3 Å². The van der Waals surface area contributed by atoms with E-state index in [1.165, 1.54) is 11.0 Å². The predicted octanol–water partition coefficient (Wildman–Crippen LogP) is 4.19. The van der Waals surface area contributed by atoms with Crippen LogP contribution in [0, 0.1) is 5.82 Å². The summed E-state index contributed by atoms with van der Waals surface area (Å²) >= 11 is 6.06. The van der Waals surface area contributed by atoms with Gasteiger partial charge >= 0.3 is 0 Å². The summed E-state index contributed by atoms with van der Waals surface area (Å²) in [6.07, 6.45) is 1.79. The van der Waals surface area contributed by atoms with Crippen molar-refractivity contribution in [2.75, 3.05) is 13.2 Å². The lowest BCUT2D eigenvalue weighted by molar-refractivity contribution is -0.142. The molecule has 2 aromatic carbocycles. The zero-order valence-electron chi connectivity index (χ0n) is 16.7. The van der Waals surface area contributed by atoms with Gasteiger partial charge in [0, 0.05) is 18.7 Å². The van der Waals surface area contributed by atoms with Crippen LogP contribution in [0.5, 0.6) is 5.75 Å². The van der Waals surface area contributed by atoms with E-state index in [4.69, 9.17) is 16.3 Å². The quantitative estimate of drug-likeness (QED) is 0.586. The molecule has 0 aliphatic carbocycles. The third-order valence-corrected chi connectivity index (χ3v) is 4.80. The molecule has 5 nitrogen and oxygen atoms in total. The molecule has 0 aliphatic rings. The third-order valence-electron chi connectivity index (χ3n) is 4.48. The zero-order chi connectivity index (χ0) is 21.2. The number of unbranched alkanes of at least 4 members (excludes halogenated alkanes) is 1. The average Bonchev–Trinajstić information content (AvgIpc) is 2.72. The zero-order valence-corrected chi connectivity index (χ0v) is 17.4. The molecule has 0 heterocycles. The molecule has 0 aromatic heterocycles. The first kappa shape index (κ1) is 22.7. The van der Waals surface area contributed by atoms with Crippen molar-refractivity contribution in [3.8, 4) is 5.75 Å². The van der Waals surface area contributed by atoms with Crippen LogP contribution in [0.3, 0.4) is 0 Å². The van der Waals surface area contributed by atoms with Crippen molar-refractivity contribution < 1.29 is 18.7 Å². The number of hydrogen-bond donors (Lipinski definition) is 1. The molecule has 2 amide bonds. The smallest absolute Gasteiger partial charge is 0.261 e. The highest BCUT2D eigenvalue weighted by Crippen LogP contribution is 2.23. The maximum absolute atomic E-state index is 14.1. The normalized spacial score (nSPS) is 11.6. The van der Waals surface area contributed by atoms with E-state index in [2.05, 4.69) is 5.32 Å². The largest absolute Gasteiger partial charge is 0.482 e. The van der Waals surface area contributed by atoms with Gasteiger partial charge in [-0.15, -0.1) is 0 Å². The Morgan fingerprint density at radius 1 is 1.17 bits per heavy atom. The Bertz CT molecular complexity index is 831. The molecule has 0 fully saturated rings. The van der Waals surface area contributed by atoms with Gasteiger partial charge in [0.2, 0.25) is 5.91 Å². The van der Waals surface area contributed by atoms with E-state index in [0.29, 0.717) is 22.9 Å². The van der Waals surface area contributed by atoms with Crippen molar-refractivity contribution in [2.24, 2.45) is 0 Å². The second-order valence-corrected chi connectivity index (χ2v) is 7.06. The van der Waals surface area contributed by atoms with Crippen molar-refractivity contribution in [2.45, 2.75) is 39.3 Å². The lowest BCUT2D eigenvalue weighted by Gasteiger charge is -2.29. The molecular weight excluding hydrogens is 395 g/mol. The second-order valence-electron chi connectivity index (χ2n) is 6.65. The average molecular weight is 421 g/mol. The Morgan fingerprint density at radius 3 is 2.55 bits per heavy atom. The van der Waals surface area contributed by atoms with Gasteiger partial charge < -0.3 is 15.0 Å². The molecule has 0 saturated carbocycles. The fraction of sp³-hybridized carbons (Fsp3) is 0.364. The van der Waals surface area contributed by atoms with Gasteiger partial charge in [-0.05, 0) is 31.5 Å². The van der Waals surface area contributed by atoms with Gasteiger partial charge in [-0.25, -0.2) is 4.39 Å². The number of benzene rings is 2. The highest BCUT2D eigenvalue weighted by atomic mass is 35.5. The molecule has 0 radical (unpaired) electrons. The molecule has 0 spiro atoms. The number of halogens is 2. The summed E-state index contributed by atoms with van der Waals surface area (Å²) in [7, 11) is 0. The van der Waals surface area contributed by atoms with Crippen molar-refractivity contribution in [1.82, 2.24) is 10.2 Å². The molecule has 0 saturated heterocycles. The van der Waals surface area contributed by atoms with Crippen LogP contribution in [-0.4, -0.2) is 35.9 Å². The number of amides is 2. The standard InChI is InChI=1S/C22H26ClFN2O3/c1-3-4-13-25-22(28)16(2)26(14-17-9-5-7-11-19(17)24)21(27)15-29-20-12-8-6-10-18(20)23/h5-12,16H,3-4,13-15H2,1-2H3,(H,25,28)/t16-/m1/s1. The second kappa shape index (κ2) is 11.4. The van der Waals surface area contributed by atoms with E-state index in [9.17, 15) is 14.0 Å². The molecule has 7 heteroatoms. The molecule has 2 aromatic rings. The Balaban J connectivity index is 2.14. The van der Waals surface area contributed by atoms with Crippen LogP contribution in [0.25, 0.3) is 0 Å². The Hall–Kier alpha value is -2.60. The molecule has 156 valence electrons. The van der Waals surface area contributed by atoms with Gasteiger partial charge in [-0.3, -0.25) is 9.59 Å². The van der Waals surface area contributed by atoms with E-state index >= 15 is 0 Å². The molecule has 1 atom stereocenters. The fourth-order valence-corrected chi connectivity index (χ4v) is 2.90. The minimum atomic E-state index is -0.784. The van der Waals surface area contributed by atoms with E-state index in [0.717, 1.165) is 12.8 Å². The van der Waals surface area contributed by atoms with Crippen LogP contribution in [0.1, 0.15) is 32.3 Å². The van der Waals surface area contributed by atoms with Gasteiger partial charge in [0.1, 0.15) is 17.6 Å². The molecule has 0 aliphatic heterocycles. The van der Waals surface area contributed by atoms with Crippen molar-refractivity contribution in [3.63, 3.8) is 0 Å². The van der Waals surface area contributed by atoms with Crippen LogP contribution in [0.2, 0.25) is 5.02 Å². The summed E-state index contributed by atoms with van der Waals surface area (Å²) in [5, 5.41) is 3.19. The molecular formula is C22H26ClFN2O3. The fourth-order valence-electron chi connectivity index (χ4n) is 2.71. The summed E-state index contributed by atoms with van der Waals surface area (Å²) < 4.78 is 19.7. The van der Waals surface area contributed by atoms with Gasteiger partial charge in [0.15, 0.2) is 6.61 Å². The first-order chi connectivity index (χ1) is 13.9. The van der Waals surface area contributed by atoms with E-state index in [1.807, 2.05) is 6.92 Å². The summed E-state index contributed by atoms with van der Waals surface area (Å²) in [6, 6.07) is 12.2. The number of nitrogens with one attached hydrogen (secondary N) is 1. The SMILES string of the molecule is CCCCNC(=O)[C@@H](C)N(Cc1ccccc1F)C(=O)COc1ccccc1Cl. The Labute approximate surface area is 175 Å². The maximum atomic E-state index is 14.1. The maximum Gasteiger partial charge on any atom is 0.261 e. The highest BCUT2D eigenvalue weighted by molar-refractivity contribution is 6.32. The van der Waals surface area contributed by atoms with Crippen molar-refractivity contribution >= 4 is 23.4 Å². The van der Waals surface area contributed by atoms with E-state index in [1.54, 1.807) is 49.4 Å². The highest BCUT2D eigenvalue weighted by Gasteiger charge is 2.27. The van der Waals surface area contributed by atoms with Crippen molar-refractivity contribution in [3.05, 3.63) is 64.9 Å². The van der Waals surface area contributed by atoms with Gasteiger partial charge in [0.25, 0.3) is 5.91 Å². The van der Waals surface area contributed by atoms with Gasteiger partial charge in [0.05, 0.1) is 5.02 Å². The van der Waals surface area contributed by atoms with Crippen LogP contribution >= 0.6 is 11.6 Å². The third kappa shape index (κ3) is 6.75. The molecule has 2 rings (SSSR count). The summed E-state index contributed by atoms with van der Waals surface area (Å²) in [5.41, 5.74) is 0.326. The lowest BCUT2D eigenvalue weighted by atomic mass is 10.1. The van der Waals surface area contributed by atoms with Crippen LogP contribution in [0.15, 0.2) is 48.5 Å². The number of ether oxygens (including phenoxy) is 1. The molecule has 0 unspecified atom stereocenters. The molecule has 0 bridgehead atoms. The molecule has 29 heavy (non-hydrogen) atoms. The summed E-state index contributed by atoms with van der Waals surface area (Å²) in [5.74, 6) is -0.795. The van der Waals surface area contributed by atoms with E-state index < -0.39 is 17.8 Å². The predicted molar refractivity (Wildman–Crippen MR) is 111 cm³/mol. The number of hydrogen-bond acceptors (Lipinski definition) is 3. The number of nitrogens with zero attached hydrogens (tertiary/aromatic N) is 1. The number of carbonyl (C=O) groups is 2. The number of rotatable bonds is 10. The molecule has 1 N–H and O–H groups in total.